The summed E-state index contributed by atoms with van der Waals surface area (Å²) in [4.78, 5) is 0. The van der Waals surface area contributed by atoms with E-state index in [2.05, 4.69) is 208 Å². The first kappa shape index (κ1) is 32.2. The van der Waals surface area contributed by atoms with Crippen LogP contribution in [0.25, 0.3) is 82.0 Å². The van der Waals surface area contributed by atoms with Crippen molar-refractivity contribution in [2.45, 2.75) is 13.8 Å². The zero-order valence-corrected chi connectivity index (χ0v) is 29.9. The van der Waals surface area contributed by atoms with E-state index in [1.54, 1.807) is 0 Å². The first-order valence-electron chi connectivity index (χ1n) is 18.3. The molecule has 9 aromatic rings. The molecule has 0 fully saturated rings. The molecule has 0 unspecified atom stereocenters. The second-order valence-electron chi connectivity index (χ2n) is 13.4. The van der Waals surface area contributed by atoms with Crippen molar-refractivity contribution in [3.05, 3.63) is 200 Å². The van der Waals surface area contributed by atoms with Gasteiger partial charge in [0.25, 0.3) is 0 Å². The van der Waals surface area contributed by atoms with Gasteiger partial charge >= 0.3 is 0 Å². The zero-order valence-electron chi connectivity index (χ0n) is 29.9. The van der Waals surface area contributed by atoms with E-state index in [0.29, 0.717) is 0 Å². The average molecular weight is 679 g/mol. The van der Waals surface area contributed by atoms with Gasteiger partial charge in [-0.2, -0.15) is 0 Å². The highest BCUT2D eigenvalue weighted by Gasteiger charge is 2.18. The van der Waals surface area contributed by atoms with Gasteiger partial charge in [0.2, 0.25) is 0 Å². The molecular weight excluding hydrogens is 641 g/mol. The molecule has 9 rings (SSSR count). The molecule has 0 aliphatic rings. The molecule has 252 valence electrons. The highest BCUT2D eigenvalue weighted by molar-refractivity contribution is 6.22. The lowest BCUT2D eigenvalue weighted by Gasteiger charge is -2.18. The summed E-state index contributed by atoms with van der Waals surface area (Å²) in [7, 11) is 0. The number of allylic oxidation sites excluding steroid dienone is 4. The summed E-state index contributed by atoms with van der Waals surface area (Å²) in [5.41, 5.74) is 9.82. The molecule has 0 N–H and O–H groups in total. The van der Waals surface area contributed by atoms with Crippen LogP contribution in [0.4, 0.5) is 0 Å². The van der Waals surface area contributed by atoms with Crippen LogP contribution in [0, 0.1) is 0 Å². The molecular formula is C52H38O. The van der Waals surface area contributed by atoms with Gasteiger partial charge < -0.3 is 4.74 Å². The van der Waals surface area contributed by atoms with E-state index < -0.39 is 0 Å². The van der Waals surface area contributed by atoms with Crippen molar-refractivity contribution in [1.82, 2.24) is 0 Å². The second-order valence-corrected chi connectivity index (χ2v) is 13.4. The van der Waals surface area contributed by atoms with Crippen LogP contribution < -0.4 is 4.74 Å². The number of ether oxygens (including phenoxy) is 1. The van der Waals surface area contributed by atoms with Crippen molar-refractivity contribution in [3.8, 4) is 44.9 Å². The lowest BCUT2D eigenvalue weighted by molar-refractivity contribution is 0.483. The second kappa shape index (κ2) is 13.8. The largest absolute Gasteiger partial charge is 0.457 e. The van der Waals surface area contributed by atoms with Crippen LogP contribution in [0.2, 0.25) is 0 Å². The fraction of sp³-hybridized carbons (Fsp3) is 0.0385. The molecule has 0 heterocycles. The van der Waals surface area contributed by atoms with Crippen LogP contribution in [0.3, 0.4) is 0 Å². The van der Waals surface area contributed by atoms with Gasteiger partial charge in [-0.1, -0.05) is 170 Å². The SMILES string of the molecule is C/C=C\C(=C/C)c1c2ccccc2c(-c2ccc(Oc3ccc(-c4c5ccccc5c(-c5ccccc5)c5ccccc45)cc3)cc2)c2ccccc12. The number of fused-ring (bicyclic) bond motifs is 4. The zero-order chi connectivity index (χ0) is 35.7. The molecule has 53 heavy (non-hydrogen) atoms. The highest BCUT2D eigenvalue weighted by atomic mass is 16.5. The van der Waals surface area contributed by atoms with Gasteiger partial charge in [-0.05, 0) is 126 Å². The van der Waals surface area contributed by atoms with Crippen molar-refractivity contribution in [2.24, 2.45) is 0 Å². The molecule has 9 aromatic carbocycles. The van der Waals surface area contributed by atoms with Gasteiger partial charge in [0, 0.05) is 0 Å². The molecule has 0 amide bonds. The molecule has 0 aromatic heterocycles. The number of benzene rings is 9. The number of hydrogen-bond acceptors (Lipinski definition) is 1. The summed E-state index contributed by atoms with van der Waals surface area (Å²) < 4.78 is 6.46. The fourth-order valence-electron chi connectivity index (χ4n) is 8.12. The molecule has 0 bridgehead atoms. The van der Waals surface area contributed by atoms with Crippen LogP contribution in [0.15, 0.2) is 194 Å². The quantitative estimate of drug-likeness (QED) is 0.120. The van der Waals surface area contributed by atoms with E-state index in [0.717, 1.165) is 22.6 Å². The summed E-state index contributed by atoms with van der Waals surface area (Å²) in [5, 5.41) is 9.98. The third kappa shape index (κ3) is 5.68. The van der Waals surface area contributed by atoms with Gasteiger partial charge in [0.15, 0.2) is 0 Å². The Morgan fingerprint density at radius 1 is 0.358 bits per heavy atom. The molecule has 1 heteroatoms. The minimum atomic E-state index is 0.805. The molecule has 0 aliphatic heterocycles. The Morgan fingerprint density at radius 2 is 0.679 bits per heavy atom. The van der Waals surface area contributed by atoms with E-state index in [1.807, 2.05) is 0 Å². The van der Waals surface area contributed by atoms with Gasteiger partial charge in [-0.3, -0.25) is 0 Å². The molecule has 0 atom stereocenters. The first-order valence-corrected chi connectivity index (χ1v) is 18.3. The van der Waals surface area contributed by atoms with E-state index in [-0.39, 0.29) is 0 Å². The number of rotatable bonds is 7. The fourth-order valence-corrected chi connectivity index (χ4v) is 8.12. The Bertz CT molecular complexity index is 2730. The normalized spacial score (nSPS) is 12.0. The van der Waals surface area contributed by atoms with E-state index in [4.69, 9.17) is 4.74 Å². The molecule has 0 aliphatic carbocycles. The van der Waals surface area contributed by atoms with Crippen molar-refractivity contribution < 1.29 is 4.74 Å². The lowest BCUT2D eigenvalue weighted by atomic mass is 9.85. The van der Waals surface area contributed by atoms with Crippen molar-refractivity contribution in [1.29, 1.82) is 0 Å². The van der Waals surface area contributed by atoms with Crippen LogP contribution in [-0.2, 0) is 0 Å². The summed E-state index contributed by atoms with van der Waals surface area (Å²) in [6.07, 6.45) is 6.53. The molecule has 0 saturated heterocycles. The van der Waals surface area contributed by atoms with Crippen molar-refractivity contribution in [3.63, 3.8) is 0 Å². The van der Waals surface area contributed by atoms with E-state index in [1.165, 1.54) is 76.5 Å². The van der Waals surface area contributed by atoms with E-state index >= 15 is 0 Å². The van der Waals surface area contributed by atoms with Crippen LogP contribution in [-0.4, -0.2) is 0 Å². The molecule has 0 radical (unpaired) electrons. The standard InChI is InChI=1S/C52H38O/c1-3-16-35(4-2)49-41-19-8-10-21-43(41)51(44-22-11-9-20-42(44)49)37-27-31-39(32-28-37)53-40-33-29-38(30-34-40)52-47-25-14-12-23-45(47)50(36-17-6-5-7-18-36)46-24-13-15-26-48(46)52/h3-34H,1-2H3/b16-3-,35-4+. The van der Waals surface area contributed by atoms with Gasteiger partial charge in [-0.25, -0.2) is 0 Å². The Hall–Kier alpha value is -6.70. The maximum Gasteiger partial charge on any atom is 0.127 e. The van der Waals surface area contributed by atoms with Crippen molar-refractivity contribution in [2.75, 3.05) is 0 Å². The highest BCUT2D eigenvalue weighted by Crippen LogP contribution is 2.45. The maximum absolute atomic E-state index is 6.46. The predicted octanol–water partition coefficient (Wildman–Crippen LogP) is 15.1. The Morgan fingerprint density at radius 3 is 1.04 bits per heavy atom. The van der Waals surface area contributed by atoms with Crippen LogP contribution in [0.5, 0.6) is 11.5 Å². The topological polar surface area (TPSA) is 9.23 Å². The Balaban J connectivity index is 1.08. The van der Waals surface area contributed by atoms with Gasteiger partial charge in [0.1, 0.15) is 11.5 Å². The number of hydrogen-bond donors (Lipinski definition) is 0. The minimum absolute atomic E-state index is 0.805. The monoisotopic (exact) mass is 678 g/mol. The smallest absolute Gasteiger partial charge is 0.127 e. The third-order valence-electron chi connectivity index (χ3n) is 10.4. The third-order valence-corrected chi connectivity index (χ3v) is 10.4. The van der Waals surface area contributed by atoms with Gasteiger partial charge in [0.05, 0.1) is 0 Å². The first-order chi connectivity index (χ1) is 26.2. The van der Waals surface area contributed by atoms with Crippen LogP contribution >= 0.6 is 0 Å². The lowest BCUT2D eigenvalue weighted by Crippen LogP contribution is -1.93. The Labute approximate surface area is 310 Å². The van der Waals surface area contributed by atoms with E-state index in [9.17, 15) is 0 Å². The average Bonchev–Trinajstić information content (AvgIpc) is 3.22. The summed E-state index contributed by atoms with van der Waals surface area (Å²) in [6, 6.07) is 62.9. The molecule has 0 spiro atoms. The Kier molecular flexibility index (Phi) is 8.38. The van der Waals surface area contributed by atoms with Gasteiger partial charge in [-0.15, -0.1) is 0 Å². The summed E-state index contributed by atoms with van der Waals surface area (Å²) in [5.74, 6) is 1.61. The maximum atomic E-state index is 6.46. The predicted molar refractivity (Wildman–Crippen MR) is 228 cm³/mol. The summed E-state index contributed by atoms with van der Waals surface area (Å²) >= 11 is 0. The summed E-state index contributed by atoms with van der Waals surface area (Å²) in [6.45, 7) is 4.20. The molecule has 1 nitrogen and oxygen atoms in total. The molecule has 0 saturated carbocycles. The van der Waals surface area contributed by atoms with Crippen LogP contribution in [0.1, 0.15) is 19.4 Å². The minimum Gasteiger partial charge on any atom is -0.457 e. The van der Waals surface area contributed by atoms with Crippen molar-refractivity contribution >= 4 is 48.7 Å².